The molecule has 0 radical (unpaired) electrons. The van der Waals surface area contributed by atoms with E-state index in [4.69, 9.17) is 0 Å². The zero-order chi connectivity index (χ0) is 23.5. The lowest BCUT2D eigenvalue weighted by Gasteiger charge is -2.26. The first kappa shape index (κ1) is 24.0. The summed E-state index contributed by atoms with van der Waals surface area (Å²) < 4.78 is 79.0. The van der Waals surface area contributed by atoms with Crippen LogP contribution in [0.1, 0.15) is 30.4 Å². The largest absolute Gasteiger partial charge is 0.419 e. The van der Waals surface area contributed by atoms with Crippen molar-refractivity contribution >= 4 is 27.3 Å². The Morgan fingerprint density at radius 3 is 2.41 bits per heavy atom. The lowest BCUT2D eigenvalue weighted by atomic mass is 10.2. The van der Waals surface area contributed by atoms with Gasteiger partial charge in [-0.1, -0.05) is 12.5 Å². The number of carbonyl (C=O) groups excluding carboxylic acids is 1. The molecule has 2 aromatic rings. The molecule has 0 bridgehead atoms. The van der Waals surface area contributed by atoms with Gasteiger partial charge >= 0.3 is 6.18 Å². The van der Waals surface area contributed by atoms with Crippen molar-refractivity contribution in [3.8, 4) is 0 Å². The second-order valence-corrected chi connectivity index (χ2v) is 9.47. The maximum Gasteiger partial charge on any atom is 0.419 e. The molecule has 1 heterocycles. The van der Waals surface area contributed by atoms with Crippen molar-refractivity contribution in [3.05, 3.63) is 53.3 Å². The summed E-state index contributed by atoms with van der Waals surface area (Å²) in [5, 5.41) is 5.09. The molecule has 0 spiro atoms. The highest BCUT2D eigenvalue weighted by atomic mass is 32.2. The highest BCUT2D eigenvalue weighted by molar-refractivity contribution is 7.89. The van der Waals surface area contributed by atoms with Gasteiger partial charge in [0.1, 0.15) is 5.82 Å². The molecule has 2 aromatic carbocycles. The summed E-state index contributed by atoms with van der Waals surface area (Å²) in [7, 11) is -3.69. The zero-order valence-corrected chi connectivity index (χ0v) is 18.1. The molecule has 1 amide bonds. The van der Waals surface area contributed by atoms with Crippen LogP contribution in [-0.4, -0.2) is 38.3 Å². The van der Waals surface area contributed by atoms with Gasteiger partial charge in [0.2, 0.25) is 15.9 Å². The number of alkyl halides is 3. The minimum absolute atomic E-state index is 0.0570. The predicted molar refractivity (Wildman–Crippen MR) is 112 cm³/mol. The third kappa shape index (κ3) is 5.57. The number of anilines is 2. The van der Waals surface area contributed by atoms with Gasteiger partial charge in [-0.05, 0) is 55.7 Å². The number of hydrogen-bond donors (Lipinski definition) is 2. The van der Waals surface area contributed by atoms with Crippen LogP contribution in [0.2, 0.25) is 0 Å². The maximum atomic E-state index is 13.4. The molecular weight excluding hydrogens is 450 g/mol. The Bertz CT molecular complexity index is 1100. The van der Waals surface area contributed by atoms with E-state index in [0.29, 0.717) is 30.8 Å². The van der Waals surface area contributed by atoms with E-state index in [1.54, 1.807) is 13.0 Å². The van der Waals surface area contributed by atoms with Gasteiger partial charge in [-0.15, -0.1) is 0 Å². The monoisotopic (exact) mass is 473 g/mol. The first-order valence-electron chi connectivity index (χ1n) is 10.00. The fourth-order valence-corrected chi connectivity index (χ4v) is 4.92. The summed E-state index contributed by atoms with van der Waals surface area (Å²) in [6.07, 6.45) is -2.30. The third-order valence-corrected chi connectivity index (χ3v) is 7.06. The summed E-state index contributed by atoms with van der Waals surface area (Å²) >= 11 is 0. The Morgan fingerprint density at radius 1 is 1.06 bits per heavy atom. The SMILES string of the molecule is Cc1ccc(S(=O)(=O)N2CCCCC2)cc1NC(=O)CNc1ccc(F)c(C(F)(F)F)c1. The number of amides is 1. The van der Waals surface area contributed by atoms with Crippen LogP contribution in [-0.2, 0) is 21.0 Å². The summed E-state index contributed by atoms with van der Waals surface area (Å²) in [6, 6.07) is 6.77. The Morgan fingerprint density at radius 2 is 1.75 bits per heavy atom. The van der Waals surface area contributed by atoms with Crippen LogP contribution in [0.15, 0.2) is 41.3 Å². The summed E-state index contributed by atoms with van der Waals surface area (Å²) in [5.74, 6) is -2.01. The number of aryl methyl sites for hydroxylation is 1. The predicted octanol–water partition coefficient (Wildman–Crippen LogP) is 4.38. The standard InChI is InChI=1S/C21H23F4N3O3S/c1-14-5-7-16(32(30,31)28-9-3-2-4-10-28)12-19(14)27-20(29)13-26-15-6-8-18(22)17(11-15)21(23,24)25/h5-8,11-12,26H,2-4,9-10,13H2,1H3,(H,27,29). The van der Waals surface area contributed by atoms with Crippen molar-refractivity contribution < 1.29 is 30.8 Å². The lowest BCUT2D eigenvalue weighted by Crippen LogP contribution is -2.35. The number of sulfonamides is 1. The molecule has 1 saturated heterocycles. The van der Waals surface area contributed by atoms with Crippen LogP contribution in [0.25, 0.3) is 0 Å². The van der Waals surface area contributed by atoms with E-state index >= 15 is 0 Å². The van der Waals surface area contributed by atoms with Crippen LogP contribution in [0.5, 0.6) is 0 Å². The fourth-order valence-electron chi connectivity index (χ4n) is 3.38. The van der Waals surface area contributed by atoms with Crippen LogP contribution in [0.3, 0.4) is 0 Å². The molecule has 1 fully saturated rings. The molecule has 3 rings (SSSR count). The van der Waals surface area contributed by atoms with E-state index in [2.05, 4.69) is 10.6 Å². The molecule has 174 valence electrons. The first-order chi connectivity index (χ1) is 15.0. The quantitative estimate of drug-likeness (QED) is 0.611. The van der Waals surface area contributed by atoms with Gasteiger partial charge in [0.15, 0.2) is 0 Å². The molecule has 0 aliphatic carbocycles. The number of rotatable bonds is 6. The van der Waals surface area contributed by atoms with Gasteiger partial charge in [-0.3, -0.25) is 4.79 Å². The third-order valence-electron chi connectivity index (χ3n) is 5.16. The number of benzene rings is 2. The van der Waals surface area contributed by atoms with Crippen LogP contribution in [0, 0.1) is 12.7 Å². The molecule has 1 aliphatic heterocycles. The van der Waals surface area contributed by atoms with Gasteiger partial charge in [-0.25, -0.2) is 12.8 Å². The fraction of sp³-hybridized carbons (Fsp3) is 0.381. The lowest BCUT2D eigenvalue weighted by molar-refractivity contribution is -0.139. The van der Waals surface area contributed by atoms with Crippen LogP contribution >= 0.6 is 0 Å². The Kier molecular flexibility index (Phi) is 7.09. The van der Waals surface area contributed by atoms with Gasteiger partial charge in [0, 0.05) is 24.5 Å². The molecule has 0 saturated carbocycles. The topological polar surface area (TPSA) is 78.5 Å². The average molecular weight is 473 g/mol. The van der Waals surface area contributed by atoms with Crippen molar-refractivity contribution in [1.29, 1.82) is 0 Å². The molecule has 0 atom stereocenters. The minimum Gasteiger partial charge on any atom is -0.376 e. The first-order valence-corrected chi connectivity index (χ1v) is 11.4. The van der Waals surface area contributed by atoms with Crippen molar-refractivity contribution in [1.82, 2.24) is 4.31 Å². The van der Waals surface area contributed by atoms with Gasteiger partial charge < -0.3 is 10.6 Å². The van der Waals surface area contributed by atoms with Gasteiger partial charge in [0.25, 0.3) is 0 Å². The summed E-state index contributed by atoms with van der Waals surface area (Å²) in [6.45, 7) is 2.18. The molecule has 2 N–H and O–H groups in total. The second-order valence-electron chi connectivity index (χ2n) is 7.54. The number of piperidine rings is 1. The molecule has 6 nitrogen and oxygen atoms in total. The van der Waals surface area contributed by atoms with Crippen LogP contribution < -0.4 is 10.6 Å². The van der Waals surface area contributed by atoms with Crippen molar-refractivity contribution in [2.75, 3.05) is 30.3 Å². The number of hydrogen-bond acceptors (Lipinski definition) is 4. The van der Waals surface area contributed by atoms with E-state index in [-0.39, 0.29) is 16.3 Å². The normalized spacial score (nSPS) is 15.4. The molecule has 11 heteroatoms. The van der Waals surface area contributed by atoms with E-state index in [1.165, 1.54) is 16.4 Å². The molecule has 0 unspecified atom stereocenters. The second kappa shape index (κ2) is 9.45. The number of nitrogens with one attached hydrogen (secondary N) is 2. The number of nitrogens with zero attached hydrogens (tertiary/aromatic N) is 1. The number of halogens is 4. The maximum absolute atomic E-state index is 13.4. The van der Waals surface area contributed by atoms with Gasteiger partial charge in [-0.2, -0.15) is 17.5 Å². The van der Waals surface area contributed by atoms with Crippen molar-refractivity contribution in [2.45, 2.75) is 37.3 Å². The minimum atomic E-state index is -4.86. The van der Waals surface area contributed by atoms with Crippen molar-refractivity contribution in [3.63, 3.8) is 0 Å². The van der Waals surface area contributed by atoms with Gasteiger partial charge in [0.05, 0.1) is 17.0 Å². The van der Waals surface area contributed by atoms with E-state index in [9.17, 15) is 30.8 Å². The smallest absolute Gasteiger partial charge is 0.376 e. The average Bonchev–Trinajstić information content (AvgIpc) is 2.74. The molecular formula is C21H23F4N3O3S. The summed E-state index contributed by atoms with van der Waals surface area (Å²) in [4.78, 5) is 12.4. The van der Waals surface area contributed by atoms with Crippen molar-refractivity contribution in [2.24, 2.45) is 0 Å². The highest BCUT2D eigenvalue weighted by Gasteiger charge is 2.34. The summed E-state index contributed by atoms with van der Waals surface area (Å²) in [5.41, 5.74) is -0.608. The Hall–Kier alpha value is -2.66. The highest BCUT2D eigenvalue weighted by Crippen LogP contribution is 2.33. The molecule has 0 aromatic heterocycles. The van der Waals surface area contributed by atoms with E-state index in [1.807, 2.05) is 0 Å². The Labute approximate surface area is 183 Å². The molecule has 1 aliphatic rings. The van der Waals surface area contributed by atoms with E-state index < -0.39 is 40.0 Å². The number of carbonyl (C=O) groups is 1. The van der Waals surface area contributed by atoms with Crippen LogP contribution in [0.4, 0.5) is 28.9 Å². The molecule has 32 heavy (non-hydrogen) atoms. The Balaban J connectivity index is 1.70. The zero-order valence-electron chi connectivity index (χ0n) is 17.3. The van der Waals surface area contributed by atoms with E-state index in [0.717, 1.165) is 25.3 Å².